The Labute approximate surface area is 229 Å². The molecule has 9 nitrogen and oxygen atoms in total. The number of piperazine rings is 1. The number of methoxy groups -OCH3 is 2. The molecule has 2 N–H and O–H groups in total. The lowest BCUT2D eigenvalue weighted by Crippen LogP contribution is -2.47. The van der Waals surface area contributed by atoms with Crippen LogP contribution in [0.2, 0.25) is 0 Å². The van der Waals surface area contributed by atoms with Crippen molar-refractivity contribution in [2.75, 3.05) is 75.3 Å². The van der Waals surface area contributed by atoms with Gasteiger partial charge in [0.05, 0.1) is 31.6 Å². The number of para-hydroxylation sites is 2. The fourth-order valence-electron chi connectivity index (χ4n) is 4.55. The van der Waals surface area contributed by atoms with Crippen LogP contribution in [0.1, 0.15) is 15.9 Å². The second-order valence-corrected chi connectivity index (χ2v) is 9.15. The maximum absolute atomic E-state index is 13.2. The summed E-state index contributed by atoms with van der Waals surface area (Å²) < 4.78 is 16.2. The maximum Gasteiger partial charge on any atom is 0.253 e. The van der Waals surface area contributed by atoms with Gasteiger partial charge in [0, 0.05) is 51.2 Å². The molecule has 1 aliphatic rings. The second-order valence-electron chi connectivity index (χ2n) is 9.15. The van der Waals surface area contributed by atoms with Gasteiger partial charge in [-0.1, -0.05) is 42.5 Å². The zero-order chi connectivity index (χ0) is 27.5. The average Bonchev–Trinajstić information content (AvgIpc) is 2.98. The molecule has 0 aromatic heterocycles. The molecular formula is C30H36N4O5. The van der Waals surface area contributed by atoms with Crippen LogP contribution >= 0.6 is 0 Å². The van der Waals surface area contributed by atoms with Crippen LogP contribution in [-0.4, -0.2) is 72.0 Å². The Morgan fingerprint density at radius 3 is 2.26 bits per heavy atom. The van der Waals surface area contributed by atoms with E-state index in [0.717, 1.165) is 48.9 Å². The maximum atomic E-state index is 13.2. The third-order valence-corrected chi connectivity index (χ3v) is 6.51. The first-order chi connectivity index (χ1) is 19.1. The van der Waals surface area contributed by atoms with E-state index in [4.69, 9.17) is 14.2 Å². The van der Waals surface area contributed by atoms with Gasteiger partial charge in [-0.05, 0) is 35.9 Å². The van der Waals surface area contributed by atoms with Crippen molar-refractivity contribution in [3.8, 4) is 5.75 Å². The van der Waals surface area contributed by atoms with E-state index in [-0.39, 0.29) is 18.4 Å². The molecule has 4 rings (SSSR count). The summed E-state index contributed by atoms with van der Waals surface area (Å²) >= 11 is 0. The number of ether oxygens (including phenoxy) is 3. The van der Waals surface area contributed by atoms with Gasteiger partial charge in [0.1, 0.15) is 12.4 Å². The number of benzene rings is 3. The Kier molecular flexibility index (Phi) is 10.2. The van der Waals surface area contributed by atoms with Crippen molar-refractivity contribution >= 4 is 28.9 Å². The molecule has 1 heterocycles. The molecule has 1 aliphatic heterocycles. The normalized spacial score (nSPS) is 13.2. The molecule has 1 saturated heterocycles. The van der Waals surface area contributed by atoms with Gasteiger partial charge in [-0.25, -0.2) is 0 Å². The summed E-state index contributed by atoms with van der Waals surface area (Å²) in [4.78, 5) is 30.2. The summed E-state index contributed by atoms with van der Waals surface area (Å²) in [6.07, 6.45) is 0. The molecule has 0 saturated carbocycles. The molecular weight excluding hydrogens is 496 g/mol. The van der Waals surface area contributed by atoms with Crippen LogP contribution in [0.3, 0.4) is 0 Å². The van der Waals surface area contributed by atoms with E-state index in [1.165, 1.54) is 0 Å². The van der Waals surface area contributed by atoms with E-state index in [0.29, 0.717) is 31.0 Å². The van der Waals surface area contributed by atoms with Gasteiger partial charge < -0.3 is 34.6 Å². The highest BCUT2D eigenvalue weighted by molar-refractivity contribution is 6.02. The predicted molar refractivity (Wildman–Crippen MR) is 153 cm³/mol. The average molecular weight is 533 g/mol. The number of anilines is 3. The van der Waals surface area contributed by atoms with Gasteiger partial charge in [-0.15, -0.1) is 0 Å². The van der Waals surface area contributed by atoms with Crippen molar-refractivity contribution in [2.45, 2.75) is 6.61 Å². The van der Waals surface area contributed by atoms with Gasteiger partial charge in [0.15, 0.2) is 0 Å². The van der Waals surface area contributed by atoms with Crippen LogP contribution in [0.4, 0.5) is 17.1 Å². The first kappa shape index (κ1) is 27.9. The van der Waals surface area contributed by atoms with E-state index >= 15 is 0 Å². The van der Waals surface area contributed by atoms with E-state index in [1.54, 1.807) is 20.3 Å². The minimum Gasteiger partial charge on any atom is -0.495 e. The van der Waals surface area contributed by atoms with Crippen LogP contribution in [0.25, 0.3) is 0 Å². The number of hydrogen-bond acceptors (Lipinski definition) is 7. The van der Waals surface area contributed by atoms with E-state index < -0.39 is 0 Å². The van der Waals surface area contributed by atoms with Crippen molar-refractivity contribution in [3.63, 3.8) is 0 Å². The van der Waals surface area contributed by atoms with Gasteiger partial charge in [-0.2, -0.15) is 0 Å². The Morgan fingerprint density at radius 1 is 0.846 bits per heavy atom. The first-order valence-electron chi connectivity index (χ1n) is 13.0. The molecule has 39 heavy (non-hydrogen) atoms. The number of nitrogens with zero attached hydrogens (tertiary/aromatic N) is 2. The van der Waals surface area contributed by atoms with Gasteiger partial charge in [0.2, 0.25) is 5.91 Å². The molecule has 0 bridgehead atoms. The molecule has 3 aromatic carbocycles. The molecule has 0 spiro atoms. The van der Waals surface area contributed by atoms with Crippen molar-refractivity contribution < 1.29 is 23.8 Å². The van der Waals surface area contributed by atoms with Gasteiger partial charge in [-0.3, -0.25) is 9.59 Å². The molecule has 3 aromatic rings. The topological polar surface area (TPSA) is 92.4 Å². The highest BCUT2D eigenvalue weighted by Gasteiger charge is 2.24. The molecule has 0 aliphatic carbocycles. The van der Waals surface area contributed by atoms with Crippen LogP contribution < -0.4 is 25.2 Å². The Bertz CT molecular complexity index is 1230. The van der Waals surface area contributed by atoms with E-state index in [2.05, 4.69) is 26.5 Å². The summed E-state index contributed by atoms with van der Waals surface area (Å²) in [5, 5.41) is 5.76. The molecule has 0 atom stereocenters. The Hall–Kier alpha value is -4.08. The number of nitrogens with one attached hydrogen (secondary N) is 2. The Balaban J connectivity index is 1.43. The highest BCUT2D eigenvalue weighted by Crippen LogP contribution is 2.31. The van der Waals surface area contributed by atoms with E-state index in [9.17, 15) is 9.59 Å². The summed E-state index contributed by atoms with van der Waals surface area (Å²) in [6, 6.07) is 23.1. The summed E-state index contributed by atoms with van der Waals surface area (Å²) in [5.41, 5.74) is 3.92. The van der Waals surface area contributed by atoms with Gasteiger partial charge >= 0.3 is 0 Å². The zero-order valence-corrected chi connectivity index (χ0v) is 22.5. The molecule has 206 valence electrons. The second kappa shape index (κ2) is 14.2. The third-order valence-electron chi connectivity index (χ3n) is 6.51. The smallest absolute Gasteiger partial charge is 0.253 e. The van der Waals surface area contributed by atoms with Crippen LogP contribution in [0, 0.1) is 0 Å². The SMILES string of the molecule is COCCNC(=O)c1cc(NC(=O)COCc2ccccc2)ccc1N1CCN(c2ccccc2OC)CC1. The predicted octanol–water partition coefficient (Wildman–Crippen LogP) is 3.55. The number of amides is 2. The number of carbonyl (C=O) groups is 2. The highest BCUT2D eigenvalue weighted by atomic mass is 16.5. The summed E-state index contributed by atoms with van der Waals surface area (Å²) in [6.45, 7) is 4.09. The monoisotopic (exact) mass is 532 g/mol. The standard InChI is InChI=1S/C30H36N4O5/c1-37-19-14-31-30(36)25-20-24(32-29(35)22-39-21-23-8-4-3-5-9-23)12-13-26(25)33-15-17-34(18-16-33)27-10-6-7-11-28(27)38-2/h3-13,20H,14-19,21-22H2,1-2H3,(H,31,36)(H,32,35). The quantitative estimate of drug-likeness (QED) is 0.345. The van der Waals surface area contributed by atoms with Crippen molar-refractivity contribution in [2.24, 2.45) is 0 Å². The van der Waals surface area contributed by atoms with E-state index in [1.807, 2.05) is 60.7 Å². The molecule has 2 amide bonds. The molecule has 0 unspecified atom stereocenters. The van der Waals surface area contributed by atoms with Crippen molar-refractivity contribution in [1.82, 2.24) is 5.32 Å². The van der Waals surface area contributed by atoms with Gasteiger partial charge in [0.25, 0.3) is 5.91 Å². The third kappa shape index (κ3) is 7.72. The lowest BCUT2D eigenvalue weighted by Gasteiger charge is -2.38. The van der Waals surface area contributed by atoms with Crippen molar-refractivity contribution in [3.05, 3.63) is 83.9 Å². The minimum absolute atomic E-state index is 0.0864. The Morgan fingerprint density at radius 2 is 1.54 bits per heavy atom. The van der Waals surface area contributed by atoms with Crippen LogP contribution in [0.5, 0.6) is 5.75 Å². The fourth-order valence-corrected chi connectivity index (χ4v) is 4.55. The zero-order valence-electron chi connectivity index (χ0n) is 22.5. The lowest BCUT2D eigenvalue weighted by molar-refractivity contribution is -0.121. The van der Waals surface area contributed by atoms with Crippen molar-refractivity contribution in [1.29, 1.82) is 0 Å². The number of carbonyl (C=O) groups excluding carboxylic acids is 2. The first-order valence-corrected chi connectivity index (χ1v) is 13.0. The number of rotatable bonds is 12. The van der Waals surface area contributed by atoms with Crippen LogP contribution in [0.15, 0.2) is 72.8 Å². The summed E-state index contributed by atoms with van der Waals surface area (Å²) in [7, 11) is 3.27. The number of hydrogen-bond donors (Lipinski definition) is 2. The largest absolute Gasteiger partial charge is 0.495 e. The molecule has 0 radical (unpaired) electrons. The summed E-state index contributed by atoms with van der Waals surface area (Å²) in [5.74, 6) is 0.345. The molecule has 1 fully saturated rings. The molecule has 9 heteroatoms. The lowest BCUT2D eigenvalue weighted by atomic mass is 10.1. The fraction of sp³-hybridized carbons (Fsp3) is 0.333. The van der Waals surface area contributed by atoms with Crippen LogP contribution in [-0.2, 0) is 20.9 Å². The minimum atomic E-state index is -0.283.